The van der Waals surface area contributed by atoms with Crippen molar-refractivity contribution in [1.29, 1.82) is 0 Å². The normalized spacial score (nSPS) is 29.6. The summed E-state index contributed by atoms with van der Waals surface area (Å²) >= 11 is 0. The van der Waals surface area contributed by atoms with E-state index in [0.717, 1.165) is 38.8 Å². The predicted octanol–water partition coefficient (Wildman–Crippen LogP) is 3.41. The molecule has 0 aromatic heterocycles. The number of aliphatic hydroxyl groups excluding tert-OH is 1. The minimum Gasteiger partial charge on any atom is -0.444 e. The zero-order chi connectivity index (χ0) is 19.2. The summed E-state index contributed by atoms with van der Waals surface area (Å²) in [6, 6.07) is 10.6. The predicted molar refractivity (Wildman–Crippen MR) is 104 cm³/mol. The van der Waals surface area contributed by atoms with Crippen LogP contribution in [0.1, 0.15) is 52.0 Å². The number of hydrogen-bond acceptors (Lipinski definition) is 4. The fourth-order valence-corrected chi connectivity index (χ4v) is 4.81. The Labute approximate surface area is 162 Å². The maximum atomic E-state index is 12.9. The topological polar surface area (TPSA) is 53.0 Å². The lowest BCUT2D eigenvalue weighted by atomic mass is 9.93. The van der Waals surface area contributed by atoms with Gasteiger partial charge >= 0.3 is 6.09 Å². The molecule has 1 N–H and O–H groups in total. The van der Waals surface area contributed by atoms with Crippen LogP contribution in [-0.4, -0.2) is 57.4 Å². The largest absolute Gasteiger partial charge is 0.444 e. The van der Waals surface area contributed by atoms with E-state index >= 15 is 0 Å². The third-order valence-electron chi connectivity index (χ3n) is 6.10. The lowest BCUT2D eigenvalue weighted by molar-refractivity contribution is -0.0629. The summed E-state index contributed by atoms with van der Waals surface area (Å²) in [7, 11) is 0. The van der Waals surface area contributed by atoms with Crippen LogP contribution in [0.15, 0.2) is 30.3 Å². The molecule has 5 nitrogen and oxygen atoms in total. The van der Waals surface area contributed by atoms with Gasteiger partial charge in [0.15, 0.2) is 0 Å². The lowest BCUT2D eigenvalue weighted by Gasteiger charge is -2.48. The molecular formula is C22H32N2O3. The number of carbonyl (C=O) groups excluding carboxylic acids is 1. The van der Waals surface area contributed by atoms with Gasteiger partial charge in [-0.25, -0.2) is 4.79 Å². The average molecular weight is 373 g/mol. The first-order chi connectivity index (χ1) is 12.8. The van der Waals surface area contributed by atoms with Crippen molar-refractivity contribution in [1.82, 2.24) is 9.80 Å². The number of piperazine rings is 1. The summed E-state index contributed by atoms with van der Waals surface area (Å²) in [6.07, 6.45) is 3.54. The number of rotatable bonds is 4. The molecule has 1 amide bonds. The second-order valence-electron chi connectivity index (χ2n) is 9.42. The van der Waals surface area contributed by atoms with Crippen molar-refractivity contribution in [2.45, 2.75) is 82.8 Å². The smallest absolute Gasteiger partial charge is 0.410 e. The molecule has 1 aromatic rings. The van der Waals surface area contributed by atoms with Gasteiger partial charge in [-0.2, -0.15) is 0 Å². The minimum absolute atomic E-state index is 0.0102. The molecule has 1 aliphatic carbocycles. The van der Waals surface area contributed by atoms with Gasteiger partial charge < -0.3 is 9.84 Å². The molecule has 2 heterocycles. The highest BCUT2D eigenvalue weighted by molar-refractivity contribution is 5.70. The molecule has 4 atom stereocenters. The number of nitrogens with zero attached hydrogens (tertiary/aromatic N) is 2. The van der Waals surface area contributed by atoms with Gasteiger partial charge in [0.1, 0.15) is 5.60 Å². The number of aliphatic hydroxyl groups is 1. The van der Waals surface area contributed by atoms with E-state index in [2.05, 4.69) is 29.2 Å². The first-order valence-corrected chi connectivity index (χ1v) is 10.3. The highest BCUT2D eigenvalue weighted by Gasteiger charge is 2.53. The zero-order valence-electron chi connectivity index (χ0n) is 16.7. The lowest BCUT2D eigenvalue weighted by Crippen LogP contribution is -2.65. The van der Waals surface area contributed by atoms with Gasteiger partial charge in [0.2, 0.25) is 0 Å². The number of amides is 1. The fourth-order valence-electron chi connectivity index (χ4n) is 4.81. The molecule has 3 aliphatic rings. The first-order valence-electron chi connectivity index (χ1n) is 10.3. The molecule has 2 aliphatic heterocycles. The molecule has 0 unspecified atom stereocenters. The molecular weight excluding hydrogens is 340 g/mol. The van der Waals surface area contributed by atoms with Gasteiger partial charge in [-0.15, -0.1) is 0 Å². The molecule has 5 heteroatoms. The summed E-state index contributed by atoms with van der Waals surface area (Å²) in [6.45, 7) is 7.36. The maximum Gasteiger partial charge on any atom is 0.410 e. The molecule has 3 fully saturated rings. The second-order valence-corrected chi connectivity index (χ2v) is 9.42. The highest BCUT2D eigenvalue weighted by atomic mass is 16.6. The number of ether oxygens (including phenoxy) is 1. The molecule has 148 valence electrons. The van der Waals surface area contributed by atoms with Crippen LogP contribution < -0.4 is 0 Å². The Balaban J connectivity index is 1.57. The van der Waals surface area contributed by atoms with Crippen LogP contribution in [0, 0.1) is 5.92 Å². The first kappa shape index (κ1) is 18.8. The average Bonchev–Trinajstić information content (AvgIpc) is 3.39. The molecule has 4 rings (SSSR count). The Morgan fingerprint density at radius 2 is 1.89 bits per heavy atom. The molecule has 0 spiro atoms. The summed E-state index contributed by atoms with van der Waals surface area (Å²) < 4.78 is 5.70. The van der Waals surface area contributed by atoms with Crippen molar-refractivity contribution in [3.8, 4) is 0 Å². The SMILES string of the molecule is CC(C)(C)OC(=O)N1[C@@H]2CC[C@H]1[C@@H]([C@@H](O)C1CC1)N(Cc1ccccc1)C2. The third-order valence-corrected chi connectivity index (χ3v) is 6.10. The number of fused-ring (bicyclic) bond motifs is 2. The van der Waals surface area contributed by atoms with Crippen LogP contribution in [-0.2, 0) is 11.3 Å². The van der Waals surface area contributed by atoms with Gasteiger partial charge in [-0.1, -0.05) is 30.3 Å². The van der Waals surface area contributed by atoms with E-state index < -0.39 is 5.60 Å². The molecule has 1 saturated carbocycles. The molecule has 1 aromatic carbocycles. The van der Waals surface area contributed by atoms with Crippen molar-refractivity contribution >= 4 is 6.09 Å². The molecule has 2 bridgehead atoms. The third kappa shape index (κ3) is 3.99. The van der Waals surface area contributed by atoms with E-state index in [1.165, 1.54) is 5.56 Å². The summed E-state index contributed by atoms with van der Waals surface area (Å²) in [5.74, 6) is 0.380. The van der Waals surface area contributed by atoms with E-state index in [4.69, 9.17) is 4.74 Å². The van der Waals surface area contributed by atoms with Crippen LogP contribution in [0.2, 0.25) is 0 Å². The van der Waals surface area contributed by atoms with Crippen LogP contribution in [0.4, 0.5) is 4.79 Å². The fraction of sp³-hybridized carbons (Fsp3) is 0.682. The van der Waals surface area contributed by atoms with Gasteiger partial charge in [0.05, 0.1) is 18.2 Å². The van der Waals surface area contributed by atoms with Crippen LogP contribution in [0.25, 0.3) is 0 Å². The van der Waals surface area contributed by atoms with E-state index in [-0.39, 0.29) is 30.3 Å². The Morgan fingerprint density at radius 1 is 1.19 bits per heavy atom. The second kappa shape index (κ2) is 7.10. The molecule has 0 radical (unpaired) electrons. The Morgan fingerprint density at radius 3 is 2.52 bits per heavy atom. The van der Waals surface area contributed by atoms with E-state index in [0.29, 0.717) is 5.92 Å². The standard InChI is InChI=1S/C22H32N2O3/c1-22(2,3)27-21(26)24-17-11-12-18(24)19(20(25)16-9-10-16)23(14-17)13-15-7-5-4-6-8-15/h4-8,16-20,25H,9-14H2,1-3H3/t17-,18+,19+,20+/m1/s1. The highest BCUT2D eigenvalue weighted by Crippen LogP contribution is 2.43. The number of carbonyl (C=O) groups is 1. The quantitative estimate of drug-likeness (QED) is 0.880. The van der Waals surface area contributed by atoms with Crippen LogP contribution in [0.5, 0.6) is 0 Å². The number of hydrogen-bond donors (Lipinski definition) is 1. The Hall–Kier alpha value is -1.59. The van der Waals surface area contributed by atoms with E-state index in [1.807, 2.05) is 31.7 Å². The van der Waals surface area contributed by atoms with Crippen molar-refractivity contribution in [3.05, 3.63) is 35.9 Å². The Bertz CT molecular complexity index is 668. The number of likely N-dealkylation sites (tertiary alicyclic amines) is 1. The van der Waals surface area contributed by atoms with E-state index in [1.54, 1.807) is 0 Å². The molecule has 2 saturated heterocycles. The number of benzene rings is 1. The van der Waals surface area contributed by atoms with Crippen LogP contribution >= 0.6 is 0 Å². The van der Waals surface area contributed by atoms with Gasteiger partial charge in [0, 0.05) is 19.1 Å². The zero-order valence-corrected chi connectivity index (χ0v) is 16.7. The van der Waals surface area contributed by atoms with Crippen molar-refractivity contribution in [2.75, 3.05) is 6.54 Å². The van der Waals surface area contributed by atoms with E-state index in [9.17, 15) is 9.90 Å². The minimum atomic E-state index is -0.498. The summed E-state index contributed by atoms with van der Waals surface area (Å²) in [5, 5.41) is 11.1. The summed E-state index contributed by atoms with van der Waals surface area (Å²) in [5.41, 5.74) is 0.762. The van der Waals surface area contributed by atoms with Gasteiger partial charge in [-0.3, -0.25) is 9.80 Å². The monoisotopic (exact) mass is 372 g/mol. The van der Waals surface area contributed by atoms with Gasteiger partial charge in [-0.05, 0) is 57.9 Å². The Kier molecular flexibility index (Phi) is 4.93. The summed E-state index contributed by atoms with van der Waals surface area (Å²) in [4.78, 5) is 17.3. The van der Waals surface area contributed by atoms with Gasteiger partial charge in [0.25, 0.3) is 0 Å². The maximum absolute atomic E-state index is 12.9. The van der Waals surface area contributed by atoms with Crippen LogP contribution in [0.3, 0.4) is 0 Å². The van der Waals surface area contributed by atoms with Crippen molar-refractivity contribution < 1.29 is 14.6 Å². The van der Waals surface area contributed by atoms with Crippen molar-refractivity contribution in [2.24, 2.45) is 5.92 Å². The molecule has 27 heavy (non-hydrogen) atoms. The van der Waals surface area contributed by atoms with Crippen molar-refractivity contribution in [3.63, 3.8) is 0 Å².